The van der Waals surface area contributed by atoms with E-state index < -0.39 is 4.33 Å². The third-order valence-corrected chi connectivity index (χ3v) is 5.02. The van der Waals surface area contributed by atoms with Gasteiger partial charge in [0.15, 0.2) is 5.82 Å². The maximum absolute atomic E-state index is 6.10. The van der Waals surface area contributed by atoms with E-state index in [4.69, 9.17) is 27.7 Å². The zero-order chi connectivity index (χ0) is 11.3. The molecule has 0 N–H and O–H groups in total. The molecule has 88 valence electrons. The van der Waals surface area contributed by atoms with E-state index in [-0.39, 0.29) is 11.8 Å². The Morgan fingerprint density at radius 3 is 2.50 bits per heavy atom. The van der Waals surface area contributed by atoms with Gasteiger partial charge in [0.25, 0.3) is 0 Å². The van der Waals surface area contributed by atoms with Gasteiger partial charge in [-0.2, -0.15) is 4.98 Å². The molecule has 2 aliphatic carbocycles. The highest BCUT2D eigenvalue weighted by molar-refractivity contribution is 6.51. The topological polar surface area (TPSA) is 38.9 Å². The number of halogens is 2. The SMILES string of the molecule is CC1C(c2nc(C3CCCC3)no2)C1(Cl)Cl. The molecule has 3 rings (SSSR count). The molecule has 0 spiro atoms. The van der Waals surface area contributed by atoms with E-state index in [1.54, 1.807) is 0 Å². The second-order valence-corrected chi connectivity index (χ2v) is 6.36. The molecule has 1 aromatic heterocycles. The molecule has 0 radical (unpaired) electrons. The normalized spacial score (nSPS) is 33.2. The van der Waals surface area contributed by atoms with E-state index in [0.717, 1.165) is 5.82 Å². The summed E-state index contributed by atoms with van der Waals surface area (Å²) >= 11 is 12.2. The number of hydrogen-bond acceptors (Lipinski definition) is 3. The van der Waals surface area contributed by atoms with Crippen molar-refractivity contribution in [3.63, 3.8) is 0 Å². The van der Waals surface area contributed by atoms with Gasteiger partial charge in [0.2, 0.25) is 5.89 Å². The maximum Gasteiger partial charge on any atom is 0.233 e. The van der Waals surface area contributed by atoms with E-state index in [2.05, 4.69) is 10.1 Å². The molecule has 2 unspecified atom stereocenters. The van der Waals surface area contributed by atoms with Gasteiger partial charge in [-0.1, -0.05) is 24.9 Å². The highest BCUT2D eigenvalue weighted by Gasteiger charge is 2.64. The molecule has 16 heavy (non-hydrogen) atoms. The standard InChI is InChI=1S/C11H14Cl2N2O/c1-6-8(11(6,12)13)10-14-9(15-16-10)7-4-2-3-5-7/h6-8H,2-5H2,1H3. The van der Waals surface area contributed by atoms with Gasteiger partial charge in [0.05, 0.1) is 5.92 Å². The average molecular weight is 261 g/mol. The van der Waals surface area contributed by atoms with Crippen LogP contribution in [-0.4, -0.2) is 14.5 Å². The van der Waals surface area contributed by atoms with Crippen LogP contribution in [0.5, 0.6) is 0 Å². The van der Waals surface area contributed by atoms with Crippen LogP contribution in [0.15, 0.2) is 4.52 Å². The first-order valence-electron chi connectivity index (χ1n) is 5.82. The highest BCUT2D eigenvalue weighted by atomic mass is 35.5. The lowest BCUT2D eigenvalue weighted by Crippen LogP contribution is -1.96. The Balaban J connectivity index is 1.78. The Hall–Kier alpha value is -0.280. The van der Waals surface area contributed by atoms with Crippen molar-refractivity contribution in [2.75, 3.05) is 0 Å². The fraction of sp³-hybridized carbons (Fsp3) is 0.818. The van der Waals surface area contributed by atoms with E-state index in [1.807, 2.05) is 6.92 Å². The summed E-state index contributed by atoms with van der Waals surface area (Å²) in [5.41, 5.74) is 0. The fourth-order valence-electron chi connectivity index (χ4n) is 2.58. The van der Waals surface area contributed by atoms with Crippen LogP contribution >= 0.6 is 23.2 Å². The van der Waals surface area contributed by atoms with Gasteiger partial charge in [-0.15, -0.1) is 23.2 Å². The van der Waals surface area contributed by atoms with Gasteiger partial charge in [-0.05, 0) is 12.8 Å². The van der Waals surface area contributed by atoms with E-state index in [1.165, 1.54) is 25.7 Å². The van der Waals surface area contributed by atoms with Crippen molar-refractivity contribution in [1.29, 1.82) is 0 Å². The Morgan fingerprint density at radius 2 is 1.94 bits per heavy atom. The van der Waals surface area contributed by atoms with Gasteiger partial charge in [-0.25, -0.2) is 0 Å². The van der Waals surface area contributed by atoms with Crippen LogP contribution in [0.2, 0.25) is 0 Å². The molecule has 2 aliphatic rings. The summed E-state index contributed by atoms with van der Waals surface area (Å²) in [6.45, 7) is 2.00. The van der Waals surface area contributed by atoms with Crippen LogP contribution in [0, 0.1) is 5.92 Å². The predicted molar refractivity (Wildman–Crippen MR) is 61.8 cm³/mol. The largest absolute Gasteiger partial charge is 0.339 e. The predicted octanol–water partition coefficient (Wildman–Crippen LogP) is 3.63. The molecule has 0 aromatic carbocycles. The first-order chi connectivity index (χ1) is 7.60. The molecule has 1 aromatic rings. The van der Waals surface area contributed by atoms with Crippen molar-refractivity contribution >= 4 is 23.2 Å². The Labute approximate surface area is 104 Å². The van der Waals surface area contributed by atoms with E-state index in [0.29, 0.717) is 11.8 Å². The molecule has 1 heterocycles. The minimum absolute atomic E-state index is 0.0125. The van der Waals surface area contributed by atoms with Crippen LogP contribution in [-0.2, 0) is 0 Å². The second kappa shape index (κ2) is 3.61. The molecule has 0 aliphatic heterocycles. The minimum atomic E-state index is -0.709. The molecular formula is C11H14Cl2N2O. The van der Waals surface area contributed by atoms with Crippen LogP contribution < -0.4 is 0 Å². The molecule has 0 bridgehead atoms. The van der Waals surface area contributed by atoms with Crippen molar-refractivity contribution in [1.82, 2.24) is 10.1 Å². The highest BCUT2D eigenvalue weighted by Crippen LogP contribution is 2.64. The molecular weight excluding hydrogens is 247 g/mol. The van der Waals surface area contributed by atoms with Crippen molar-refractivity contribution in [2.45, 2.75) is 48.8 Å². The molecule has 3 nitrogen and oxygen atoms in total. The van der Waals surface area contributed by atoms with E-state index >= 15 is 0 Å². The summed E-state index contributed by atoms with van der Waals surface area (Å²) in [5.74, 6) is 2.15. The van der Waals surface area contributed by atoms with Crippen molar-refractivity contribution in [3.8, 4) is 0 Å². The van der Waals surface area contributed by atoms with Gasteiger partial charge in [-0.3, -0.25) is 0 Å². The van der Waals surface area contributed by atoms with Crippen LogP contribution in [0.3, 0.4) is 0 Å². The quantitative estimate of drug-likeness (QED) is 0.763. The number of nitrogens with zero attached hydrogens (tertiary/aromatic N) is 2. The van der Waals surface area contributed by atoms with Crippen LogP contribution in [0.25, 0.3) is 0 Å². The average Bonchev–Trinajstić information content (AvgIpc) is 2.77. The Kier molecular flexibility index (Phi) is 2.44. The lowest BCUT2D eigenvalue weighted by molar-refractivity contribution is 0.367. The fourth-order valence-corrected chi connectivity index (χ4v) is 3.27. The summed E-state index contributed by atoms with van der Waals surface area (Å²) < 4.78 is 4.57. The Bertz CT molecular complexity index is 398. The molecule has 2 atom stereocenters. The maximum atomic E-state index is 6.10. The Morgan fingerprint density at radius 1 is 1.31 bits per heavy atom. The lowest BCUT2D eigenvalue weighted by atomic mass is 10.1. The van der Waals surface area contributed by atoms with Crippen molar-refractivity contribution in [3.05, 3.63) is 11.7 Å². The lowest BCUT2D eigenvalue weighted by Gasteiger charge is -1.99. The first kappa shape index (κ1) is 10.8. The summed E-state index contributed by atoms with van der Waals surface area (Å²) in [4.78, 5) is 4.45. The minimum Gasteiger partial charge on any atom is -0.339 e. The summed E-state index contributed by atoms with van der Waals surface area (Å²) in [6.07, 6.45) is 4.88. The van der Waals surface area contributed by atoms with Crippen molar-refractivity contribution < 1.29 is 4.52 Å². The molecule has 2 fully saturated rings. The summed E-state index contributed by atoms with van der Waals surface area (Å²) in [5, 5.41) is 4.06. The van der Waals surface area contributed by atoms with Gasteiger partial charge in [0, 0.05) is 11.8 Å². The molecule has 0 saturated heterocycles. The first-order valence-corrected chi connectivity index (χ1v) is 6.57. The smallest absolute Gasteiger partial charge is 0.233 e. The zero-order valence-electron chi connectivity index (χ0n) is 9.12. The molecule has 0 amide bonds. The van der Waals surface area contributed by atoms with Crippen LogP contribution in [0.4, 0.5) is 0 Å². The van der Waals surface area contributed by atoms with Gasteiger partial charge >= 0.3 is 0 Å². The second-order valence-electron chi connectivity index (χ2n) is 4.91. The molecule has 2 saturated carbocycles. The zero-order valence-corrected chi connectivity index (χ0v) is 10.6. The number of rotatable bonds is 2. The van der Waals surface area contributed by atoms with Crippen LogP contribution in [0.1, 0.15) is 56.2 Å². The monoisotopic (exact) mass is 260 g/mol. The number of hydrogen-bond donors (Lipinski definition) is 0. The van der Waals surface area contributed by atoms with E-state index in [9.17, 15) is 0 Å². The summed E-state index contributed by atoms with van der Waals surface area (Å²) in [7, 11) is 0. The molecule has 5 heteroatoms. The number of aromatic nitrogens is 2. The third-order valence-electron chi connectivity index (χ3n) is 3.86. The van der Waals surface area contributed by atoms with Crippen molar-refractivity contribution in [2.24, 2.45) is 5.92 Å². The number of alkyl halides is 2. The van der Waals surface area contributed by atoms with Gasteiger partial charge in [0.1, 0.15) is 4.33 Å². The summed E-state index contributed by atoms with van der Waals surface area (Å²) in [6, 6.07) is 0. The third kappa shape index (κ3) is 1.56. The van der Waals surface area contributed by atoms with Gasteiger partial charge < -0.3 is 4.52 Å².